The molecule has 0 spiro atoms. The first-order chi connectivity index (χ1) is 7.78. The minimum absolute atomic E-state index is 0.653. The van der Waals surface area contributed by atoms with Crippen LogP contribution >= 0.6 is 0 Å². The second-order valence-corrected chi connectivity index (χ2v) is 4.12. The lowest BCUT2D eigenvalue weighted by molar-refractivity contribution is 0.936. The summed E-state index contributed by atoms with van der Waals surface area (Å²) in [6, 6.07) is 6.28. The van der Waals surface area contributed by atoms with E-state index < -0.39 is 0 Å². The van der Waals surface area contributed by atoms with E-state index in [2.05, 4.69) is 39.6 Å². The Hall–Kier alpha value is -1.81. The molecule has 3 rings (SSSR count). The lowest BCUT2D eigenvalue weighted by Gasteiger charge is -1.93. The van der Waals surface area contributed by atoms with E-state index in [1.54, 1.807) is 0 Å². The molecule has 0 aliphatic heterocycles. The number of nitrogens with zero attached hydrogens (tertiary/aromatic N) is 2. The quantitative estimate of drug-likeness (QED) is 0.681. The number of benzene rings is 1. The third-order valence-corrected chi connectivity index (χ3v) is 2.82. The summed E-state index contributed by atoms with van der Waals surface area (Å²) in [6.07, 6.45) is 2.94. The molecule has 0 unspecified atom stereocenters. The molecule has 0 saturated carbocycles. The summed E-state index contributed by atoms with van der Waals surface area (Å²) in [5, 5.41) is 0. The summed E-state index contributed by atoms with van der Waals surface area (Å²) in [6.45, 7) is 2.74. The SMILES string of the molecule is Cc1ccc2nc3[nH]c(CCN)cn3c2c1. The third kappa shape index (κ3) is 1.31. The standard InChI is InChI=1S/C12H14N4/c1-8-2-3-10-11(6-8)16-7-9(4-5-13)14-12(16)15-10/h2-3,6-7H,4-5,13H2,1H3,(H,14,15). The summed E-state index contributed by atoms with van der Waals surface area (Å²) in [5.41, 5.74) is 10.1. The number of aromatic nitrogens is 3. The Kier molecular flexibility index (Phi) is 1.97. The van der Waals surface area contributed by atoms with Crippen molar-refractivity contribution in [1.29, 1.82) is 0 Å². The highest BCUT2D eigenvalue weighted by molar-refractivity contribution is 5.80. The van der Waals surface area contributed by atoms with Gasteiger partial charge in [0, 0.05) is 18.3 Å². The van der Waals surface area contributed by atoms with E-state index in [9.17, 15) is 0 Å². The van der Waals surface area contributed by atoms with E-state index in [-0.39, 0.29) is 0 Å². The van der Waals surface area contributed by atoms with Crippen molar-refractivity contribution in [2.24, 2.45) is 5.73 Å². The van der Waals surface area contributed by atoms with Gasteiger partial charge in [-0.25, -0.2) is 4.98 Å². The summed E-state index contributed by atoms with van der Waals surface area (Å²) in [4.78, 5) is 7.80. The fourth-order valence-electron chi connectivity index (χ4n) is 2.04. The minimum atomic E-state index is 0.653. The van der Waals surface area contributed by atoms with Crippen LogP contribution in [-0.4, -0.2) is 20.9 Å². The first-order valence-electron chi connectivity index (χ1n) is 5.44. The van der Waals surface area contributed by atoms with Gasteiger partial charge >= 0.3 is 0 Å². The molecule has 0 saturated heterocycles. The molecule has 16 heavy (non-hydrogen) atoms. The molecule has 0 amide bonds. The first-order valence-corrected chi connectivity index (χ1v) is 5.44. The molecule has 0 aliphatic rings. The number of rotatable bonds is 2. The zero-order valence-electron chi connectivity index (χ0n) is 9.20. The number of aryl methyl sites for hydroxylation is 1. The number of H-pyrrole nitrogens is 1. The monoisotopic (exact) mass is 214 g/mol. The highest BCUT2D eigenvalue weighted by Gasteiger charge is 2.07. The lowest BCUT2D eigenvalue weighted by Crippen LogP contribution is -2.02. The molecule has 3 N–H and O–H groups in total. The van der Waals surface area contributed by atoms with Crippen LogP contribution in [0.15, 0.2) is 24.4 Å². The van der Waals surface area contributed by atoms with Crippen LogP contribution in [0.2, 0.25) is 0 Å². The zero-order chi connectivity index (χ0) is 11.1. The van der Waals surface area contributed by atoms with Crippen LogP contribution in [0.25, 0.3) is 16.8 Å². The molecule has 0 atom stereocenters. The van der Waals surface area contributed by atoms with E-state index in [1.165, 1.54) is 5.56 Å². The molecular formula is C12H14N4. The van der Waals surface area contributed by atoms with Gasteiger partial charge in [0.1, 0.15) is 0 Å². The molecule has 0 fully saturated rings. The van der Waals surface area contributed by atoms with Crippen LogP contribution in [-0.2, 0) is 6.42 Å². The Labute approximate surface area is 93.1 Å². The van der Waals surface area contributed by atoms with Crippen molar-refractivity contribution in [1.82, 2.24) is 14.4 Å². The van der Waals surface area contributed by atoms with Crippen molar-refractivity contribution in [3.8, 4) is 0 Å². The van der Waals surface area contributed by atoms with Crippen molar-refractivity contribution in [2.45, 2.75) is 13.3 Å². The predicted molar refractivity (Wildman–Crippen MR) is 64.5 cm³/mol. The molecule has 1 aromatic carbocycles. The van der Waals surface area contributed by atoms with E-state index in [0.29, 0.717) is 6.54 Å². The number of fused-ring (bicyclic) bond motifs is 3. The van der Waals surface area contributed by atoms with Gasteiger partial charge < -0.3 is 10.7 Å². The first kappa shape index (κ1) is 9.42. The maximum absolute atomic E-state index is 5.54. The Balaban J connectivity index is 2.28. The fraction of sp³-hybridized carbons (Fsp3) is 0.250. The van der Waals surface area contributed by atoms with Gasteiger partial charge in [0.25, 0.3) is 0 Å². The highest BCUT2D eigenvalue weighted by atomic mass is 15.1. The Morgan fingerprint density at radius 1 is 1.44 bits per heavy atom. The van der Waals surface area contributed by atoms with E-state index in [1.807, 2.05) is 6.07 Å². The Morgan fingerprint density at radius 3 is 3.12 bits per heavy atom. The molecule has 3 aromatic rings. The average molecular weight is 214 g/mol. The van der Waals surface area contributed by atoms with Crippen LogP contribution < -0.4 is 5.73 Å². The maximum atomic E-state index is 5.54. The smallest absolute Gasteiger partial charge is 0.212 e. The van der Waals surface area contributed by atoms with Crippen LogP contribution in [0, 0.1) is 6.92 Å². The summed E-state index contributed by atoms with van der Waals surface area (Å²) < 4.78 is 2.09. The van der Waals surface area contributed by atoms with Crippen molar-refractivity contribution >= 4 is 16.8 Å². The average Bonchev–Trinajstić information content (AvgIpc) is 2.76. The molecule has 82 valence electrons. The molecule has 0 aliphatic carbocycles. The number of nitrogens with two attached hydrogens (primary N) is 1. The number of nitrogens with one attached hydrogen (secondary N) is 1. The molecule has 0 radical (unpaired) electrons. The Bertz CT molecular complexity index is 647. The van der Waals surface area contributed by atoms with Crippen LogP contribution in [0.1, 0.15) is 11.3 Å². The molecule has 2 aromatic heterocycles. The second-order valence-electron chi connectivity index (χ2n) is 4.12. The van der Waals surface area contributed by atoms with E-state index in [0.717, 1.165) is 28.9 Å². The van der Waals surface area contributed by atoms with Gasteiger partial charge in [0.2, 0.25) is 5.78 Å². The topological polar surface area (TPSA) is 59.1 Å². The maximum Gasteiger partial charge on any atom is 0.212 e. The summed E-state index contributed by atoms with van der Waals surface area (Å²) in [7, 11) is 0. The molecule has 2 heterocycles. The minimum Gasteiger partial charge on any atom is -0.330 e. The van der Waals surface area contributed by atoms with Crippen molar-refractivity contribution < 1.29 is 0 Å². The van der Waals surface area contributed by atoms with E-state index in [4.69, 9.17) is 5.73 Å². The van der Waals surface area contributed by atoms with Crippen molar-refractivity contribution in [2.75, 3.05) is 6.54 Å². The normalized spacial score (nSPS) is 11.6. The zero-order valence-corrected chi connectivity index (χ0v) is 9.20. The van der Waals surface area contributed by atoms with Gasteiger partial charge in [0.05, 0.1) is 11.0 Å². The van der Waals surface area contributed by atoms with Gasteiger partial charge in [-0.1, -0.05) is 6.07 Å². The van der Waals surface area contributed by atoms with Crippen molar-refractivity contribution in [3.05, 3.63) is 35.7 Å². The fourth-order valence-corrected chi connectivity index (χ4v) is 2.04. The highest BCUT2D eigenvalue weighted by Crippen LogP contribution is 2.18. The van der Waals surface area contributed by atoms with Gasteiger partial charge in [-0.05, 0) is 31.2 Å². The van der Waals surface area contributed by atoms with Crippen LogP contribution in [0.3, 0.4) is 0 Å². The summed E-state index contributed by atoms with van der Waals surface area (Å²) in [5.74, 6) is 0.893. The molecule has 0 bridgehead atoms. The number of imidazole rings is 2. The van der Waals surface area contributed by atoms with Gasteiger partial charge in [-0.3, -0.25) is 4.40 Å². The van der Waals surface area contributed by atoms with Crippen LogP contribution in [0.5, 0.6) is 0 Å². The number of aromatic amines is 1. The number of hydrogen-bond acceptors (Lipinski definition) is 2. The van der Waals surface area contributed by atoms with Gasteiger partial charge in [0.15, 0.2) is 0 Å². The molecule has 4 nitrogen and oxygen atoms in total. The van der Waals surface area contributed by atoms with Crippen molar-refractivity contribution in [3.63, 3.8) is 0 Å². The van der Waals surface area contributed by atoms with Gasteiger partial charge in [-0.15, -0.1) is 0 Å². The van der Waals surface area contributed by atoms with E-state index >= 15 is 0 Å². The molecular weight excluding hydrogens is 200 g/mol. The molecule has 4 heteroatoms. The second kappa shape index (κ2) is 3.35. The van der Waals surface area contributed by atoms with Crippen LogP contribution in [0.4, 0.5) is 0 Å². The largest absolute Gasteiger partial charge is 0.330 e. The Morgan fingerprint density at radius 2 is 2.31 bits per heavy atom. The third-order valence-electron chi connectivity index (χ3n) is 2.82. The summed E-state index contributed by atoms with van der Waals surface area (Å²) >= 11 is 0. The van der Waals surface area contributed by atoms with Gasteiger partial charge in [-0.2, -0.15) is 0 Å². The predicted octanol–water partition coefficient (Wildman–Crippen LogP) is 1.63. The number of hydrogen-bond donors (Lipinski definition) is 2. The lowest BCUT2D eigenvalue weighted by atomic mass is 10.2.